The van der Waals surface area contributed by atoms with E-state index in [1.54, 1.807) is 12.7 Å². The minimum absolute atomic E-state index is 0. The number of aromatic nitrogens is 3. The third kappa shape index (κ3) is 2.86. The summed E-state index contributed by atoms with van der Waals surface area (Å²) in [5.41, 5.74) is 0. The second kappa shape index (κ2) is 4.83. The molecule has 0 bridgehead atoms. The van der Waals surface area contributed by atoms with Gasteiger partial charge in [0, 0.05) is 11.8 Å². The van der Waals surface area contributed by atoms with Crippen molar-refractivity contribution in [3.8, 4) is 0 Å². The van der Waals surface area contributed by atoms with E-state index in [-0.39, 0.29) is 12.4 Å². The molecule has 1 aromatic heterocycles. The van der Waals surface area contributed by atoms with Gasteiger partial charge in [-0.1, -0.05) is 6.92 Å². The van der Waals surface area contributed by atoms with Gasteiger partial charge in [0.15, 0.2) is 0 Å². The van der Waals surface area contributed by atoms with Crippen molar-refractivity contribution >= 4 is 24.2 Å². The van der Waals surface area contributed by atoms with Crippen molar-refractivity contribution in [1.82, 2.24) is 20.1 Å². The fourth-order valence-electron chi connectivity index (χ4n) is 1.28. The Morgan fingerprint density at radius 1 is 1.69 bits per heavy atom. The van der Waals surface area contributed by atoms with Gasteiger partial charge < -0.3 is 5.32 Å². The van der Waals surface area contributed by atoms with Gasteiger partial charge in [0.25, 0.3) is 0 Å². The normalized spacial score (nSPS) is 27.2. The van der Waals surface area contributed by atoms with Gasteiger partial charge >= 0.3 is 0 Å². The monoisotopic (exact) mass is 220 g/mol. The van der Waals surface area contributed by atoms with Crippen LogP contribution in [0, 0.1) is 0 Å². The van der Waals surface area contributed by atoms with Crippen LogP contribution in [0.5, 0.6) is 0 Å². The SMILES string of the molecule is CC1CNC(Cn2cncn2)S1.Cl. The Morgan fingerprint density at radius 3 is 3.08 bits per heavy atom. The zero-order valence-electron chi connectivity index (χ0n) is 7.38. The number of hydrogen-bond acceptors (Lipinski definition) is 4. The summed E-state index contributed by atoms with van der Waals surface area (Å²) in [6.07, 6.45) is 3.33. The maximum absolute atomic E-state index is 4.06. The molecular formula is C7H13ClN4S. The van der Waals surface area contributed by atoms with Crippen LogP contribution in [-0.2, 0) is 6.54 Å². The number of halogens is 1. The molecule has 2 rings (SSSR count). The lowest BCUT2D eigenvalue weighted by Gasteiger charge is -2.08. The van der Waals surface area contributed by atoms with E-state index in [9.17, 15) is 0 Å². The van der Waals surface area contributed by atoms with E-state index >= 15 is 0 Å². The van der Waals surface area contributed by atoms with Crippen molar-refractivity contribution in [3.05, 3.63) is 12.7 Å². The van der Waals surface area contributed by atoms with E-state index in [0.29, 0.717) is 5.37 Å². The van der Waals surface area contributed by atoms with Gasteiger partial charge in [-0.25, -0.2) is 4.98 Å². The van der Waals surface area contributed by atoms with E-state index in [1.807, 2.05) is 16.4 Å². The number of nitrogens with zero attached hydrogens (tertiary/aromatic N) is 3. The molecule has 74 valence electrons. The van der Waals surface area contributed by atoms with Crippen molar-refractivity contribution in [2.45, 2.75) is 24.1 Å². The average molecular weight is 221 g/mol. The summed E-state index contributed by atoms with van der Waals surface area (Å²) < 4.78 is 1.86. The fourth-order valence-corrected chi connectivity index (χ4v) is 2.46. The number of rotatable bonds is 2. The van der Waals surface area contributed by atoms with Crippen LogP contribution in [0.15, 0.2) is 12.7 Å². The molecule has 13 heavy (non-hydrogen) atoms. The Hall–Kier alpha value is -0.260. The largest absolute Gasteiger partial charge is 0.303 e. The summed E-state index contributed by atoms with van der Waals surface area (Å²) in [6, 6.07) is 0. The Balaban J connectivity index is 0.000000845. The van der Waals surface area contributed by atoms with E-state index in [4.69, 9.17) is 0 Å². The molecule has 0 aromatic carbocycles. The molecule has 4 nitrogen and oxygen atoms in total. The van der Waals surface area contributed by atoms with Crippen molar-refractivity contribution in [2.75, 3.05) is 6.54 Å². The minimum Gasteiger partial charge on any atom is -0.303 e. The van der Waals surface area contributed by atoms with Crippen LogP contribution in [0.4, 0.5) is 0 Å². The smallest absolute Gasteiger partial charge is 0.137 e. The standard InChI is InChI=1S/C7H12N4S.ClH/c1-6-2-9-7(12-6)3-11-5-8-4-10-11;/h4-7,9H,2-3H2,1H3;1H. The highest BCUT2D eigenvalue weighted by Crippen LogP contribution is 2.22. The minimum atomic E-state index is 0. The van der Waals surface area contributed by atoms with Crippen LogP contribution in [0.25, 0.3) is 0 Å². The maximum atomic E-state index is 4.06. The van der Waals surface area contributed by atoms with Crippen LogP contribution in [0.1, 0.15) is 6.92 Å². The molecule has 2 unspecified atom stereocenters. The van der Waals surface area contributed by atoms with Crippen LogP contribution < -0.4 is 5.32 Å². The van der Waals surface area contributed by atoms with Gasteiger partial charge in [-0.05, 0) is 0 Å². The van der Waals surface area contributed by atoms with E-state index in [2.05, 4.69) is 22.3 Å². The van der Waals surface area contributed by atoms with Gasteiger partial charge in [-0.3, -0.25) is 4.68 Å². The average Bonchev–Trinajstić information content (AvgIpc) is 2.63. The highest BCUT2D eigenvalue weighted by molar-refractivity contribution is 8.00. The number of hydrogen-bond donors (Lipinski definition) is 1. The molecule has 1 saturated heterocycles. The molecule has 0 radical (unpaired) electrons. The third-order valence-electron chi connectivity index (χ3n) is 1.85. The number of thioether (sulfide) groups is 1. The summed E-state index contributed by atoms with van der Waals surface area (Å²) in [7, 11) is 0. The van der Waals surface area contributed by atoms with Crippen molar-refractivity contribution in [2.24, 2.45) is 0 Å². The van der Waals surface area contributed by atoms with Crippen molar-refractivity contribution in [1.29, 1.82) is 0 Å². The first-order valence-corrected chi connectivity index (χ1v) is 5.00. The molecular weight excluding hydrogens is 208 g/mol. The lowest BCUT2D eigenvalue weighted by Crippen LogP contribution is -2.25. The molecule has 1 aromatic rings. The van der Waals surface area contributed by atoms with Gasteiger partial charge in [0.1, 0.15) is 12.7 Å². The predicted molar refractivity (Wildman–Crippen MR) is 56.1 cm³/mol. The zero-order valence-corrected chi connectivity index (χ0v) is 9.01. The summed E-state index contributed by atoms with van der Waals surface area (Å²) in [5.74, 6) is 0. The van der Waals surface area contributed by atoms with Crippen molar-refractivity contribution in [3.63, 3.8) is 0 Å². The van der Waals surface area contributed by atoms with Crippen LogP contribution in [-0.4, -0.2) is 31.9 Å². The zero-order chi connectivity index (χ0) is 8.39. The highest BCUT2D eigenvalue weighted by Gasteiger charge is 2.21. The molecule has 1 aliphatic heterocycles. The topological polar surface area (TPSA) is 42.7 Å². The lowest BCUT2D eigenvalue weighted by molar-refractivity contribution is 0.544. The Kier molecular flexibility index (Phi) is 4.02. The highest BCUT2D eigenvalue weighted by atomic mass is 35.5. The van der Waals surface area contributed by atoms with Gasteiger partial charge in [0.05, 0.1) is 11.9 Å². The second-order valence-electron chi connectivity index (χ2n) is 2.96. The molecule has 2 atom stereocenters. The Labute approximate surface area is 87.9 Å². The van der Waals surface area contributed by atoms with Gasteiger partial charge in [0.2, 0.25) is 0 Å². The number of nitrogens with one attached hydrogen (secondary N) is 1. The van der Waals surface area contributed by atoms with E-state index in [0.717, 1.165) is 18.3 Å². The van der Waals surface area contributed by atoms with Crippen molar-refractivity contribution < 1.29 is 0 Å². The summed E-state index contributed by atoms with van der Waals surface area (Å²) in [4.78, 5) is 3.90. The fraction of sp³-hybridized carbons (Fsp3) is 0.714. The van der Waals surface area contributed by atoms with Gasteiger partial charge in [-0.15, -0.1) is 24.2 Å². The Morgan fingerprint density at radius 2 is 2.54 bits per heavy atom. The predicted octanol–water partition coefficient (Wildman–Crippen LogP) is 0.751. The third-order valence-corrected chi connectivity index (χ3v) is 3.12. The van der Waals surface area contributed by atoms with Crippen LogP contribution in [0.2, 0.25) is 0 Å². The van der Waals surface area contributed by atoms with Crippen LogP contribution in [0.3, 0.4) is 0 Å². The molecule has 0 spiro atoms. The van der Waals surface area contributed by atoms with E-state index < -0.39 is 0 Å². The first-order valence-electron chi connectivity index (χ1n) is 4.06. The molecule has 2 heterocycles. The molecule has 0 saturated carbocycles. The lowest BCUT2D eigenvalue weighted by atomic mass is 10.5. The maximum Gasteiger partial charge on any atom is 0.137 e. The summed E-state index contributed by atoms with van der Waals surface area (Å²) in [6.45, 7) is 4.25. The Bertz CT molecular complexity index is 241. The summed E-state index contributed by atoms with van der Waals surface area (Å²) in [5, 5.41) is 8.70. The first-order chi connectivity index (χ1) is 5.84. The quantitative estimate of drug-likeness (QED) is 0.799. The molecule has 0 amide bonds. The summed E-state index contributed by atoms with van der Waals surface area (Å²) >= 11 is 1.96. The molecule has 1 N–H and O–H groups in total. The second-order valence-corrected chi connectivity index (χ2v) is 4.61. The molecule has 1 fully saturated rings. The van der Waals surface area contributed by atoms with Gasteiger partial charge in [-0.2, -0.15) is 5.10 Å². The molecule has 1 aliphatic rings. The molecule has 6 heteroatoms. The first kappa shape index (κ1) is 10.8. The molecule has 0 aliphatic carbocycles. The van der Waals surface area contributed by atoms with Crippen LogP contribution >= 0.6 is 24.2 Å². The van der Waals surface area contributed by atoms with E-state index in [1.165, 1.54) is 0 Å².